The third kappa shape index (κ3) is 4.82. The summed E-state index contributed by atoms with van der Waals surface area (Å²) in [4.78, 5) is 16.4. The summed E-state index contributed by atoms with van der Waals surface area (Å²) in [7, 11) is 4.06. The van der Waals surface area contributed by atoms with Gasteiger partial charge >= 0.3 is 0 Å². The average molecular weight is 377 g/mol. The van der Waals surface area contributed by atoms with E-state index in [1.165, 1.54) is 5.56 Å². The SMILES string of the molecule is CN=C(NCc1cccnc1N1CCN(C)CC1)N1CCSC(C)(C)C1. The summed E-state index contributed by atoms with van der Waals surface area (Å²) >= 11 is 2.04. The molecule has 144 valence electrons. The monoisotopic (exact) mass is 376 g/mol. The number of aromatic nitrogens is 1. The van der Waals surface area contributed by atoms with Crippen LogP contribution in [0.3, 0.4) is 0 Å². The van der Waals surface area contributed by atoms with Crippen molar-refractivity contribution in [1.29, 1.82) is 0 Å². The highest BCUT2D eigenvalue weighted by Gasteiger charge is 2.28. The van der Waals surface area contributed by atoms with Crippen molar-refractivity contribution in [2.75, 3.05) is 64.0 Å². The molecule has 2 aliphatic rings. The summed E-state index contributed by atoms with van der Waals surface area (Å²) in [6.45, 7) is 11.7. The van der Waals surface area contributed by atoms with Crippen molar-refractivity contribution in [3.8, 4) is 0 Å². The number of likely N-dealkylation sites (N-methyl/N-ethyl adjacent to an activating group) is 1. The Bertz CT molecular complexity index is 624. The van der Waals surface area contributed by atoms with Crippen LogP contribution >= 0.6 is 11.8 Å². The van der Waals surface area contributed by atoms with E-state index in [9.17, 15) is 0 Å². The van der Waals surface area contributed by atoms with Gasteiger partial charge in [-0.3, -0.25) is 4.99 Å². The zero-order valence-electron chi connectivity index (χ0n) is 16.5. The lowest BCUT2D eigenvalue weighted by Gasteiger charge is -2.39. The number of nitrogens with one attached hydrogen (secondary N) is 1. The van der Waals surface area contributed by atoms with Crippen molar-refractivity contribution in [2.45, 2.75) is 25.1 Å². The summed E-state index contributed by atoms with van der Waals surface area (Å²) in [5.41, 5.74) is 1.24. The molecule has 7 heteroatoms. The van der Waals surface area contributed by atoms with Crippen LogP contribution in [0.2, 0.25) is 0 Å². The van der Waals surface area contributed by atoms with Gasteiger partial charge in [0.2, 0.25) is 0 Å². The molecule has 0 unspecified atom stereocenters. The van der Waals surface area contributed by atoms with Gasteiger partial charge in [0.1, 0.15) is 5.82 Å². The van der Waals surface area contributed by atoms with Crippen molar-refractivity contribution in [3.05, 3.63) is 23.9 Å². The van der Waals surface area contributed by atoms with Crippen molar-refractivity contribution in [3.63, 3.8) is 0 Å². The number of thioether (sulfide) groups is 1. The Morgan fingerprint density at radius 2 is 2.04 bits per heavy atom. The molecule has 0 atom stereocenters. The van der Waals surface area contributed by atoms with Crippen molar-refractivity contribution < 1.29 is 0 Å². The van der Waals surface area contributed by atoms with Gasteiger partial charge in [0.05, 0.1) is 0 Å². The minimum absolute atomic E-state index is 0.273. The smallest absolute Gasteiger partial charge is 0.193 e. The summed E-state index contributed by atoms with van der Waals surface area (Å²) in [5.74, 6) is 3.25. The zero-order chi connectivity index (χ0) is 18.6. The molecule has 0 amide bonds. The molecular formula is C19H32N6S. The number of pyridine rings is 1. The molecule has 3 heterocycles. The fourth-order valence-electron chi connectivity index (χ4n) is 3.58. The Hall–Kier alpha value is -1.47. The van der Waals surface area contributed by atoms with E-state index in [1.54, 1.807) is 0 Å². The predicted molar refractivity (Wildman–Crippen MR) is 112 cm³/mol. The Kier molecular flexibility index (Phi) is 6.29. The predicted octanol–water partition coefficient (Wildman–Crippen LogP) is 1.74. The second-order valence-electron chi connectivity index (χ2n) is 7.71. The molecule has 0 aromatic carbocycles. The number of rotatable bonds is 3. The lowest BCUT2D eigenvalue weighted by Crippen LogP contribution is -2.50. The molecule has 26 heavy (non-hydrogen) atoms. The molecule has 1 N–H and O–H groups in total. The first-order chi connectivity index (χ1) is 12.5. The minimum atomic E-state index is 0.273. The number of anilines is 1. The second-order valence-corrected chi connectivity index (χ2v) is 9.51. The molecule has 2 saturated heterocycles. The Morgan fingerprint density at radius 1 is 1.27 bits per heavy atom. The standard InChI is InChI=1S/C19H32N6S/c1-19(2)15-25(12-13-26-19)18(20-3)22-14-16-6-5-7-21-17(16)24-10-8-23(4)9-11-24/h5-7H,8-15H2,1-4H3,(H,20,22). The quantitative estimate of drug-likeness (QED) is 0.640. The van der Waals surface area contributed by atoms with E-state index >= 15 is 0 Å². The number of hydrogen-bond donors (Lipinski definition) is 1. The van der Waals surface area contributed by atoms with Gasteiger partial charge in [-0.15, -0.1) is 0 Å². The van der Waals surface area contributed by atoms with E-state index in [2.05, 4.69) is 57.0 Å². The first kappa shape index (κ1) is 19.3. The van der Waals surface area contributed by atoms with Crippen LogP contribution in [0, 0.1) is 0 Å². The van der Waals surface area contributed by atoms with Crippen LogP contribution in [0.4, 0.5) is 5.82 Å². The van der Waals surface area contributed by atoms with E-state index in [-0.39, 0.29) is 4.75 Å². The highest BCUT2D eigenvalue weighted by molar-refractivity contribution is 8.00. The molecule has 2 fully saturated rings. The van der Waals surface area contributed by atoms with E-state index in [4.69, 9.17) is 0 Å². The van der Waals surface area contributed by atoms with Gasteiger partial charge in [0.15, 0.2) is 5.96 Å². The molecule has 6 nitrogen and oxygen atoms in total. The van der Waals surface area contributed by atoms with E-state index in [1.807, 2.05) is 31.1 Å². The van der Waals surface area contributed by atoms with Gasteiger partial charge in [-0.05, 0) is 27.0 Å². The summed E-state index contributed by atoms with van der Waals surface area (Å²) in [6.07, 6.45) is 1.90. The normalized spacial score (nSPS) is 21.8. The third-order valence-electron chi connectivity index (χ3n) is 5.04. The number of nitrogens with zero attached hydrogens (tertiary/aromatic N) is 5. The molecule has 1 aromatic heterocycles. The van der Waals surface area contributed by atoms with Crippen molar-refractivity contribution in [2.24, 2.45) is 4.99 Å². The third-order valence-corrected chi connectivity index (χ3v) is 6.34. The van der Waals surface area contributed by atoms with Crippen LogP contribution in [-0.4, -0.2) is 84.6 Å². The molecule has 1 aromatic rings. The molecular weight excluding hydrogens is 344 g/mol. The molecule has 0 saturated carbocycles. The zero-order valence-corrected chi connectivity index (χ0v) is 17.3. The first-order valence-electron chi connectivity index (χ1n) is 9.45. The molecule has 3 rings (SSSR count). The topological polar surface area (TPSA) is 47.0 Å². The van der Waals surface area contributed by atoms with Gasteiger partial charge < -0.3 is 20.0 Å². The summed E-state index contributed by atoms with van der Waals surface area (Å²) in [6, 6.07) is 4.21. The number of guanidine groups is 1. The highest BCUT2D eigenvalue weighted by atomic mass is 32.2. The van der Waals surface area contributed by atoms with Crippen LogP contribution in [0.15, 0.2) is 23.3 Å². The van der Waals surface area contributed by atoms with Crippen LogP contribution in [-0.2, 0) is 6.54 Å². The fourth-order valence-corrected chi connectivity index (χ4v) is 4.69. The van der Waals surface area contributed by atoms with E-state index < -0.39 is 0 Å². The maximum atomic E-state index is 4.68. The summed E-state index contributed by atoms with van der Waals surface area (Å²) < 4.78 is 0.273. The maximum absolute atomic E-state index is 4.68. The van der Waals surface area contributed by atoms with Gasteiger partial charge in [-0.25, -0.2) is 4.98 Å². The largest absolute Gasteiger partial charge is 0.354 e. The van der Waals surface area contributed by atoms with E-state index in [0.717, 1.165) is 63.3 Å². The second kappa shape index (κ2) is 8.48. The number of hydrogen-bond acceptors (Lipinski definition) is 5. The molecule has 0 bridgehead atoms. The Balaban J connectivity index is 1.65. The Morgan fingerprint density at radius 3 is 2.73 bits per heavy atom. The van der Waals surface area contributed by atoms with Crippen LogP contribution < -0.4 is 10.2 Å². The fraction of sp³-hybridized carbons (Fsp3) is 0.684. The van der Waals surface area contributed by atoms with E-state index in [0.29, 0.717) is 0 Å². The summed E-state index contributed by atoms with van der Waals surface area (Å²) in [5, 5.41) is 3.57. The number of piperazine rings is 1. The first-order valence-corrected chi connectivity index (χ1v) is 10.4. The van der Waals surface area contributed by atoms with Crippen LogP contribution in [0.5, 0.6) is 0 Å². The molecule has 0 radical (unpaired) electrons. The van der Waals surface area contributed by atoms with Crippen molar-refractivity contribution >= 4 is 23.5 Å². The molecule has 2 aliphatic heterocycles. The number of aliphatic imine (C=N–C) groups is 1. The van der Waals surface area contributed by atoms with Crippen molar-refractivity contribution in [1.82, 2.24) is 20.1 Å². The van der Waals surface area contributed by atoms with Crippen LogP contribution in [0.1, 0.15) is 19.4 Å². The average Bonchev–Trinajstić information content (AvgIpc) is 2.63. The maximum Gasteiger partial charge on any atom is 0.193 e. The van der Waals surface area contributed by atoms with Gasteiger partial charge in [0, 0.05) is 75.1 Å². The molecule has 0 aliphatic carbocycles. The minimum Gasteiger partial charge on any atom is -0.354 e. The van der Waals surface area contributed by atoms with Gasteiger partial charge in [0.25, 0.3) is 0 Å². The van der Waals surface area contributed by atoms with Gasteiger partial charge in [-0.2, -0.15) is 11.8 Å². The van der Waals surface area contributed by atoms with Crippen LogP contribution in [0.25, 0.3) is 0 Å². The van der Waals surface area contributed by atoms with Gasteiger partial charge in [-0.1, -0.05) is 6.07 Å². The Labute approximate surface area is 162 Å². The lowest BCUT2D eigenvalue weighted by atomic mass is 10.2. The highest BCUT2D eigenvalue weighted by Crippen LogP contribution is 2.29. The molecule has 0 spiro atoms. The lowest BCUT2D eigenvalue weighted by molar-refractivity contribution is 0.311.